The Balaban J connectivity index is 1.73. The smallest absolute Gasteiger partial charge is 0.139 e. The lowest BCUT2D eigenvalue weighted by molar-refractivity contribution is 0.459. The van der Waals surface area contributed by atoms with Crippen molar-refractivity contribution in [3.63, 3.8) is 0 Å². The molecule has 4 aromatic carbocycles. The summed E-state index contributed by atoms with van der Waals surface area (Å²) in [6.07, 6.45) is 2.58. The molecule has 0 aromatic heterocycles. The van der Waals surface area contributed by atoms with E-state index in [1.807, 2.05) is 72.8 Å². The molecule has 144 valence electrons. The summed E-state index contributed by atoms with van der Waals surface area (Å²) in [5.41, 5.74) is 2.36. The lowest BCUT2D eigenvalue weighted by atomic mass is 9.87. The van der Waals surface area contributed by atoms with Gasteiger partial charge in [0.05, 0.1) is 0 Å². The molecule has 1 atom stereocenters. The SMILES string of the molecule is ClC1CCc2c(c(Oc3ccccc3)c3ccccc3c2Oc2ccccc2)C1. The number of benzene rings is 4. The number of ether oxygens (including phenoxy) is 2. The summed E-state index contributed by atoms with van der Waals surface area (Å²) < 4.78 is 12.9. The fourth-order valence-corrected chi connectivity index (χ4v) is 4.29. The Labute approximate surface area is 175 Å². The maximum Gasteiger partial charge on any atom is 0.139 e. The predicted octanol–water partition coefficient (Wildman–Crippen LogP) is 7.52. The van der Waals surface area contributed by atoms with E-state index in [0.717, 1.165) is 58.6 Å². The third-order valence-corrected chi connectivity index (χ3v) is 5.76. The Morgan fingerprint density at radius 2 is 1.10 bits per heavy atom. The molecule has 0 fully saturated rings. The average Bonchev–Trinajstić information content (AvgIpc) is 2.77. The van der Waals surface area contributed by atoms with E-state index in [1.54, 1.807) is 0 Å². The molecule has 1 aliphatic rings. The van der Waals surface area contributed by atoms with Gasteiger partial charge in [-0.2, -0.15) is 0 Å². The van der Waals surface area contributed by atoms with Crippen LogP contribution in [0.25, 0.3) is 10.8 Å². The first-order valence-electron chi connectivity index (χ1n) is 9.96. The van der Waals surface area contributed by atoms with Gasteiger partial charge < -0.3 is 9.47 Å². The van der Waals surface area contributed by atoms with Gasteiger partial charge in [0.2, 0.25) is 0 Å². The van der Waals surface area contributed by atoms with Gasteiger partial charge in [-0.1, -0.05) is 60.7 Å². The standard InChI is InChI=1S/C26H21ClO2/c27-18-15-16-23-24(17-18)26(29-20-11-5-2-6-12-20)22-14-8-7-13-21(22)25(23)28-19-9-3-1-4-10-19/h1-14,18H,15-17H2. The summed E-state index contributed by atoms with van der Waals surface area (Å²) >= 11 is 6.59. The van der Waals surface area contributed by atoms with Crippen LogP contribution < -0.4 is 9.47 Å². The first-order chi connectivity index (χ1) is 14.3. The zero-order valence-corrected chi connectivity index (χ0v) is 16.7. The fraction of sp³-hybridized carbons (Fsp3) is 0.154. The monoisotopic (exact) mass is 400 g/mol. The van der Waals surface area contributed by atoms with E-state index in [0.29, 0.717) is 0 Å². The van der Waals surface area contributed by atoms with Crippen LogP contribution in [-0.4, -0.2) is 5.38 Å². The van der Waals surface area contributed by atoms with Crippen LogP contribution in [0.15, 0.2) is 84.9 Å². The molecule has 0 amide bonds. The summed E-state index contributed by atoms with van der Waals surface area (Å²) in [4.78, 5) is 0. The molecule has 5 rings (SSSR count). The molecule has 0 spiro atoms. The minimum Gasteiger partial charge on any atom is -0.456 e. The molecule has 0 heterocycles. The molecule has 4 aromatic rings. The summed E-state index contributed by atoms with van der Waals surface area (Å²) in [6, 6.07) is 28.2. The molecule has 2 nitrogen and oxygen atoms in total. The van der Waals surface area contributed by atoms with Crippen LogP contribution in [0.3, 0.4) is 0 Å². The second kappa shape index (κ2) is 7.81. The summed E-state index contributed by atoms with van der Waals surface area (Å²) in [6.45, 7) is 0. The Hall–Kier alpha value is -2.97. The van der Waals surface area contributed by atoms with Crippen LogP contribution >= 0.6 is 11.6 Å². The van der Waals surface area contributed by atoms with E-state index < -0.39 is 0 Å². The van der Waals surface area contributed by atoms with Crippen molar-refractivity contribution in [1.82, 2.24) is 0 Å². The van der Waals surface area contributed by atoms with Gasteiger partial charge in [0.1, 0.15) is 23.0 Å². The van der Waals surface area contributed by atoms with Crippen molar-refractivity contribution >= 4 is 22.4 Å². The Kier molecular flexibility index (Phi) is 4.87. The number of rotatable bonds is 4. The lowest BCUT2D eigenvalue weighted by Crippen LogP contribution is -2.16. The quantitative estimate of drug-likeness (QED) is 0.330. The van der Waals surface area contributed by atoms with Gasteiger partial charge in [0, 0.05) is 27.3 Å². The van der Waals surface area contributed by atoms with Gasteiger partial charge in [0.25, 0.3) is 0 Å². The molecule has 29 heavy (non-hydrogen) atoms. The van der Waals surface area contributed by atoms with Crippen molar-refractivity contribution in [2.24, 2.45) is 0 Å². The summed E-state index contributed by atoms with van der Waals surface area (Å²) in [5.74, 6) is 3.48. The van der Waals surface area contributed by atoms with Crippen molar-refractivity contribution in [1.29, 1.82) is 0 Å². The minimum atomic E-state index is 0.103. The maximum atomic E-state index is 6.59. The van der Waals surface area contributed by atoms with E-state index >= 15 is 0 Å². The highest BCUT2D eigenvalue weighted by Crippen LogP contribution is 2.47. The van der Waals surface area contributed by atoms with Crippen molar-refractivity contribution < 1.29 is 9.47 Å². The van der Waals surface area contributed by atoms with Gasteiger partial charge >= 0.3 is 0 Å². The van der Waals surface area contributed by atoms with Crippen LogP contribution in [0.5, 0.6) is 23.0 Å². The number of alkyl halides is 1. The zero-order chi connectivity index (χ0) is 19.6. The van der Waals surface area contributed by atoms with E-state index in [9.17, 15) is 0 Å². The zero-order valence-electron chi connectivity index (χ0n) is 16.0. The first kappa shape index (κ1) is 18.1. The third-order valence-electron chi connectivity index (χ3n) is 5.39. The van der Waals surface area contributed by atoms with Crippen LogP contribution in [0, 0.1) is 0 Å². The molecule has 0 radical (unpaired) electrons. The van der Waals surface area contributed by atoms with Crippen molar-refractivity contribution in [2.75, 3.05) is 0 Å². The molecule has 1 aliphatic carbocycles. The number of hydrogen-bond acceptors (Lipinski definition) is 2. The third kappa shape index (κ3) is 3.56. The van der Waals surface area contributed by atoms with E-state index in [4.69, 9.17) is 21.1 Å². The number of hydrogen-bond donors (Lipinski definition) is 0. The van der Waals surface area contributed by atoms with Crippen LogP contribution in [-0.2, 0) is 12.8 Å². The van der Waals surface area contributed by atoms with Crippen LogP contribution in [0.2, 0.25) is 0 Å². The Morgan fingerprint density at radius 1 is 0.621 bits per heavy atom. The maximum absolute atomic E-state index is 6.59. The van der Waals surface area contributed by atoms with Crippen molar-refractivity contribution in [3.8, 4) is 23.0 Å². The second-order valence-electron chi connectivity index (χ2n) is 7.33. The van der Waals surface area contributed by atoms with Crippen LogP contribution in [0.4, 0.5) is 0 Å². The van der Waals surface area contributed by atoms with E-state index in [-0.39, 0.29) is 5.38 Å². The van der Waals surface area contributed by atoms with Gasteiger partial charge in [0.15, 0.2) is 0 Å². The van der Waals surface area contributed by atoms with E-state index in [2.05, 4.69) is 12.1 Å². The Morgan fingerprint density at radius 3 is 1.66 bits per heavy atom. The summed E-state index contributed by atoms with van der Waals surface area (Å²) in [5, 5.41) is 2.22. The minimum absolute atomic E-state index is 0.103. The molecule has 3 heteroatoms. The molecule has 0 saturated heterocycles. The van der Waals surface area contributed by atoms with Gasteiger partial charge in [-0.05, 0) is 43.5 Å². The number of para-hydroxylation sites is 2. The molecule has 0 aliphatic heterocycles. The van der Waals surface area contributed by atoms with Gasteiger partial charge in [-0.15, -0.1) is 11.6 Å². The Bertz CT molecular complexity index is 1140. The molecular formula is C26H21ClO2. The highest BCUT2D eigenvalue weighted by Gasteiger charge is 2.27. The van der Waals surface area contributed by atoms with Crippen LogP contribution in [0.1, 0.15) is 17.5 Å². The molecule has 0 bridgehead atoms. The van der Waals surface area contributed by atoms with Gasteiger partial charge in [-0.3, -0.25) is 0 Å². The first-order valence-corrected chi connectivity index (χ1v) is 10.4. The largest absolute Gasteiger partial charge is 0.456 e. The molecular weight excluding hydrogens is 380 g/mol. The predicted molar refractivity (Wildman–Crippen MR) is 119 cm³/mol. The van der Waals surface area contributed by atoms with E-state index in [1.165, 1.54) is 5.56 Å². The molecule has 0 saturated carbocycles. The number of fused-ring (bicyclic) bond motifs is 2. The highest BCUT2D eigenvalue weighted by molar-refractivity contribution is 6.21. The topological polar surface area (TPSA) is 18.5 Å². The molecule has 1 unspecified atom stereocenters. The fourth-order valence-electron chi connectivity index (χ4n) is 4.03. The number of halogens is 1. The van der Waals surface area contributed by atoms with Crippen molar-refractivity contribution in [2.45, 2.75) is 24.6 Å². The highest BCUT2D eigenvalue weighted by atomic mass is 35.5. The second-order valence-corrected chi connectivity index (χ2v) is 7.95. The average molecular weight is 401 g/mol. The van der Waals surface area contributed by atoms with Crippen molar-refractivity contribution in [3.05, 3.63) is 96.1 Å². The molecule has 0 N–H and O–H groups in total. The normalized spacial score (nSPS) is 15.7. The summed E-state index contributed by atoms with van der Waals surface area (Å²) in [7, 11) is 0. The van der Waals surface area contributed by atoms with Gasteiger partial charge in [-0.25, -0.2) is 0 Å². The lowest BCUT2D eigenvalue weighted by Gasteiger charge is -2.27.